The topological polar surface area (TPSA) is 177 Å². The molecule has 4 rings (SSSR count). The van der Waals surface area contributed by atoms with Gasteiger partial charge in [-0.1, -0.05) is 11.3 Å². The van der Waals surface area contributed by atoms with Gasteiger partial charge in [0.05, 0.1) is 35.5 Å². The van der Waals surface area contributed by atoms with Gasteiger partial charge in [-0.25, -0.2) is 14.4 Å². The Labute approximate surface area is 257 Å². The maximum atomic E-state index is 14.6. The Kier molecular flexibility index (Phi) is 9.70. The summed E-state index contributed by atoms with van der Waals surface area (Å²) in [6.45, 7) is 1.50. The summed E-state index contributed by atoms with van der Waals surface area (Å²) in [5, 5.41) is 25.1. The van der Waals surface area contributed by atoms with Gasteiger partial charge in [-0.2, -0.15) is 13.2 Å². The first kappa shape index (κ1) is 33.2. The van der Waals surface area contributed by atoms with Crippen LogP contribution in [0.15, 0.2) is 48.5 Å². The van der Waals surface area contributed by atoms with Crippen molar-refractivity contribution in [3.63, 3.8) is 0 Å². The molecule has 16 heteroatoms. The van der Waals surface area contributed by atoms with E-state index in [0.717, 1.165) is 29.5 Å². The zero-order chi connectivity index (χ0) is 33.1. The first-order valence-electron chi connectivity index (χ1n) is 13.3. The smallest absolute Gasteiger partial charge is 0.424 e. The van der Waals surface area contributed by atoms with Crippen LogP contribution in [0.2, 0.25) is 0 Å². The van der Waals surface area contributed by atoms with Crippen LogP contribution >= 0.6 is 11.3 Å². The van der Waals surface area contributed by atoms with E-state index in [9.17, 15) is 42.2 Å². The summed E-state index contributed by atoms with van der Waals surface area (Å²) in [6.07, 6.45) is -7.26. The number of hydrogen-bond donors (Lipinski definition) is 5. The van der Waals surface area contributed by atoms with Crippen molar-refractivity contribution in [2.75, 3.05) is 18.5 Å². The minimum Gasteiger partial charge on any atom is -0.491 e. The average molecular weight is 650 g/mol. The van der Waals surface area contributed by atoms with Gasteiger partial charge in [-0.05, 0) is 62.4 Å². The Morgan fingerprint density at radius 2 is 1.78 bits per heavy atom. The number of nitrogens with one attached hydrogen (secondary N) is 2. The number of aromatic nitrogens is 2. The van der Waals surface area contributed by atoms with Crippen LogP contribution in [-0.2, 0) is 21.6 Å². The number of rotatable bonds is 11. The molecule has 3 amide bonds. The average Bonchev–Trinajstić information content (AvgIpc) is 3.37. The molecular formula is C29H27F4N5O6S. The molecule has 2 heterocycles. The van der Waals surface area contributed by atoms with Crippen LogP contribution in [0, 0.1) is 5.82 Å². The molecule has 2 aromatic carbocycles. The Morgan fingerprint density at radius 1 is 1.09 bits per heavy atom. The lowest BCUT2D eigenvalue weighted by molar-refractivity contribution is -0.265. The highest BCUT2D eigenvalue weighted by Crippen LogP contribution is 2.42. The number of pyridine rings is 1. The summed E-state index contributed by atoms with van der Waals surface area (Å²) in [5.74, 6) is -3.30. The van der Waals surface area contributed by atoms with E-state index < -0.39 is 60.1 Å². The van der Waals surface area contributed by atoms with Crippen molar-refractivity contribution in [1.29, 1.82) is 0 Å². The van der Waals surface area contributed by atoms with E-state index >= 15 is 0 Å². The summed E-state index contributed by atoms with van der Waals surface area (Å²) in [4.78, 5) is 44.8. The van der Waals surface area contributed by atoms with E-state index in [1.165, 1.54) is 37.3 Å². The van der Waals surface area contributed by atoms with Gasteiger partial charge in [-0.3, -0.25) is 19.7 Å². The second-order valence-corrected chi connectivity index (χ2v) is 10.9. The van der Waals surface area contributed by atoms with Crippen LogP contribution in [0.5, 0.6) is 5.75 Å². The number of aliphatic hydroxyl groups excluding tert-OH is 1. The zero-order valence-electron chi connectivity index (χ0n) is 23.7. The number of anilines is 1. The third kappa shape index (κ3) is 7.35. The van der Waals surface area contributed by atoms with Gasteiger partial charge in [-0.15, -0.1) is 0 Å². The molecule has 0 radical (unpaired) electrons. The number of halogens is 4. The van der Waals surface area contributed by atoms with Crippen LogP contribution in [-0.4, -0.2) is 63.3 Å². The number of aliphatic hydroxyl groups is 2. The molecule has 45 heavy (non-hydrogen) atoms. The Bertz CT molecular complexity index is 1750. The highest BCUT2D eigenvalue weighted by atomic mass is 32.1. The molecule has 0 aliphatic carbocycles. The SMILES string of the molecule is CCOc1c(CC(N)=O)cc([C@@](O)(CNC(=O)c2ccc3nc(NC(=O)[C@@H](C)O)sc3c2)C(F)(F)F)nc1-c1ccc(F)cc1. The first-order valence-corrected chi connectivity index (χ1v) is 14.1. The van der Waals surface area contributed by atoms with Gasteiger partial charge < -0.3 is 26.0 Å². The fraction of sp³-hybridized carbons (Fsp3) is 0.276. The minimum absolute atomic E-state index is 0.0269. The second-order valence-electron chi connectivity index (χ2n) is 9.83. The predicted octanol–water partition coefficient (Wildman–Crippen LogP) is 3.42. The molecule has 4 aromatic rings. The normalized spacial score (nSPS) is 13.6. The summed E-state index contributed by atoms with van der Waals surface area (Å²) >= 11 is 0.965. The van der Waals surface area contributed by atoms with Crippen molar-refractivity contribution in [2.45, 2.75) is 38.1 Å². The molecule has 0 unspecified atom stereocenters. The molecule has 0 bridgehead atoms. The van der Waals surface area contributed by atoms with E-state index in [1.807, 2.05) is 0 Å². The maximum absolute atomic E-state index is 14.6. The highest BCUT2D eigenvalue weighted by Gasteiger charge is 2.56. The van der Waals surface area contributed by atoms with Crippen LogP contribution < -0.4 is 21.1 Å². The number of alkyl halides is 3. The fourth-order valence-corrected chi connectivity index (χ4v) is 5.11. The Balaban J connectivity index is 1.71. The van der Waals surface area contributed by atoms with Crippen molar-refractivity contribution >= 4 is 44.4 Å². The van der Waals surface area contributed by atoms with Gasteiger partial charge in [0.15, 0.2) is 5.13 Å². The number of nitrogens with zero attached hydrogens (tertiary/aromatic N) is 2. The molecule has 0 aliphatic rings. The molecule has 2 atom stereocenters. The molecule has 6 N–H and O–H groups in total. The van der Waals surface area contributed by atoms with Crippen molar-refractivity contribution in [2.24, 2.45) is 5.73 Å². The summed E-state index contributed by atoms with van der Waals surface area (Å²) in [7, 11) is 0. The van der Waals surface area contributed by atoms with Gasteiger partial charge in [0.1, 0.15) is 23.4 Å². The minimum atomic E-state index is -5.39. The lowest BCUT2D eigenvalue weighted by Crippen LogP contribution is -2.51. The number of benzene rings is 2. The third-order valence-electron chi connectivity index (χ3n) is 6.48. The lowest BCUT2D eigenvalue weighted by atomic mass is 9.93. The number of hydrogen-bond acceptors (Lipinski definition) is 9. The monoisotopic (exact) mass is 649 g/mol. The van der Waals surface area contributed by atoms with Gasteiger partial charge in [0, 0.05) is 16.7 Å². The molecule has 0 saturated carbocycles. The number of nitrogens with two attached hydrogens (primary N) is 1. The quantitative estimate of drug-likeness (QED) is 0.154. The number of carbonyl (C=O) groups is 3. The first-order chi connectivity index (χ1) is 21.1. The number of thiazole rings is 1. The van der Waals surface area contributed by atoms with E-state index in [2.05, 4.69) is 20.6 Å². The van der Waals surface area contributed by atoms with Crippen LogP contribution in [0.25, 0.3) is 21.5 Å². The van der Waals surface area contributed by atoms with Crippen molar-refractivity contribution < 1.29 is 46.9 Å². The Hall–Kier alpha value is -4.67. The van der Waals surface area contributed by atoms with Crippen molar-refractivity contribution in [3.8, 4) is 17.0 Å². The largest absolute Gasteiger partial charge is 0.491 e. The van der Waals surface area contributed by atoms with E-state index in [4.69, 9.17) is 10.5 Å². The predicted molar refractivity (Wildman–Crippen MR) is 156 cm³/mol. The molecule has 238 valence electrons. The molecule has 0 aliphatic heterocycles. The van der Waals surface area contributed by atoms with E-state index in [-0.39, 0.29) is 39.9 Å². The van der Waals surface area contributed by atoms with Crippen LogP contribution in [0.4, 0.5) is 22.7 Å². The summed E-state index contributed by atoms with van der Waals surface area (Å²) in [5.41, 5.74) is 0.707. The van der Waals surface area contributed by atoms with Gasteiger partial charge >= 0.3 is 6.18 Å². The summed E-state index contributed by atoms with van der Waals surface area (Å²) in [6, 6.07) is 9.44. The maximum Gasteiger partial charge on any atom is 0.424 e. The summed E-state index contributed by atoms with van der Waals surface area (Å²) < 4.78 is 63.4. The standard InChI is InChI=1S/C29H27F4N5O6S/c1-3-44-24-17(12-22(34)40)11-21(37-23(24)15-4-7-18(30)8-5-15)28(43,29(31,32)33)13-35-26(42)16-6-9-19-20(10-16)45-27(36-19)38-25(41)14(2)39/h4-11,14,39,43H,3,12-13H2,1-2H3,(H2,34,40)(H,35,42)(H,36,38,41)/t14-,28+/m1/s1. The molecule has 0 spiro atoms. The van der Waals surface area contributed by atoms with Crippen molar-refractivity contribution in [3.05, 3.63) is 71.2 Å². The Morgan fingerprint density at radius 3 is 2.38 bits per heavy atom. The van der Waals surface area contributed by atoms with Crippen molar-refractivity contribution in [1.82, 2.24) is 15.3 Å². The molecule has 2 aromatic heterocycles. The number of primary amides is 1. The highest BCUT2D eigenvalue weighted by molar-refractivity contribution is 7.22. The van der Waals surface area contributed by atoms with Crippen LogP contribution in [0.3, 0.4) is 0 Å². The fourth-order valence-electron chi connectivity index (χ4n) is 4.20. The number of carbonyl (C=O) groups excluding carboxylic acids is 3. The lowest BCUT2D eigenvalue weighted by Gasteiger charge is -2.31. The zero-order valence-corrected chi connectivity index (χ0v) is 24.6. The van der Waals surface area contributed by atoms with Gasteiger partial charge in [0.25, 0.3) is 11.8 Å². The molecule has 0 fully saturated rings. The van der Waals surface area contributed by atoms with Crippen LogP contribution in [0.1, 0.15) is 35.5 Å². The van der Waals surface area contributed by atoms with Gasteiger partial charge in [0.2, 0.25) is 11.5 Å². The number of amides is 3. The van der Waals surface area contributed by atoms with E-state index in [1.54, 1.807) is 6.92 Å². The second kappa shape index (κ2) is 13.1. The van der Waals surface area contributed by atoms with E-state index in [0.29, 0.717) is 10.2 Å². The molecule has 11 nitrogen and oxygen atoms in total. The molecular weight excluding hydrogens is 622 g/mol. The molecule has 0 saturated heterocycles. The number of ether oxygens (including phenoxy) is 1. The third-order valence-corrected chi connectivity index (χ3v) is 7.41. The number of fused-ring (bicyclic) bond motifs is 1.